The quantitative estimate of drug-likeness (QED) is 0.907. The normalized spacial score (nSPS) is 9.82. The van der Waals surface area contributed by atoms with E-state index in [0.717, 1.165) is 23.6 Å². The van der Waals surface area contributed by atoms with Gasteiger partial charge in [-0.2, -0.15) is 0 Å². The number of hydrogen-bond acceptors (Lipinski definition) is 2. The van der Waals surface area contributed by atoms with E-state index in [1.165, 1.54) is 0 Å². The van der Waals surface area contributed by atoms with Gasteiger partial charge in [0.15, 0.2) is 0 Å². The molecule has 0 aromatic heterocycles. The second-order valence-corrected chi connectivity index (χ2v) is 5.17. The summed E-state index contributed by atoms with van der Waals surface area (Å²) >= 11 is 0. The standard InChI is InChI=1S/C16H17NO.C2H4O2/c1-11(2)13-9-6-10-14(16(17)18)15(13)12-7-4-3-5-8-12;1-2(3)4/h3-11H,1-2H3,(H2,17,18);1H3,(H,3,4). The van der Waals surface area contributed by atoms with Gasteiger partial charge in [-0.15, -0.1) is 0 Å². The smallest absolute Gasteiger partial charge is 0.300 e. The molecule has 0 radical (unpaired) electrons. The fraction of sp³-hybridized carbons (Fsp3) is 0.222. The molecule has 22 heavy (non-hydrogen) atoms. The summed E-state index contributed by atoms with van der Waals surface area (Å²) in [5.74, 6) is -0.865. The molecule has 0 aliphatic rings. The zero-order valence-corrected chi connectivity index (χ0v) is 13.0. The molecule has 0 saturated carbocycles. The molecule has 0 spiro atoms. The van der Waals surface area contributed by atoms with Gasteiger partial charge >= 0.3 is 0 Å². The minimum absolute atomic E-state index is 0.347. The largest absolute Gasteiger partial charge is 0.481 e. The van der Waals surface area contributed by atoms with Crippen LogP contribution in [0.5, 0.6) is 0 Å². The first-order valence-electron chi connectivity index (χ1n) is 7.02. The van der Waals surface area contributed by atoms with E-state index in [4.69, 9.17) is 15.6 Å². The Kier molecular flexibility index (Phi) is 6.32. The Labute approximate surface area is 130 Å². The summed E-state index contributed by atoms with van der Waals surface area (Å²) in [5.41, 5.74) is 9.22. The van der Waals surface area contributed by atoms with Crippen molar-refractivity contribution in [3.05, 3.63) is 59.7 Å². The number of nitrogens with two attached hydrogens (primary N) is 1. The van der Waals surface area contributed by atoms with E-state index in [9.17, 15) is 4.79 Å². The van der Waals surface area contributed by atoms with Crippen LogP contribution in [0.25, 0.3) is 11.1 Å². The van der Waals surface area contributed by atoms with Gasteiger partial charge in [0, 0.05) is 12.5 Å². The summed E-state index contributed by atoms with van der Waals surface area (Å²) in [6.07, 6.45) is 0. The number of benzene rings is 2. The molecular weight excluding hydrogens is 278 g/mol. The first-order chi connectivity index (χ1) is 10.3. The summed E-state index contributed by atoms with van der Waals surface area (Å²) in [4.78, 5) is 20.6. The van der Waals surface area contributed by atoms with Gasteiger partial charge in [-0.05, 0) is 28.7 Å². The monoisotopic (exact) mass is 299 g/mol. The lowest BCUT2D eigenvalue weighted by molar-refractivity contribution is -0.134. The zero-order chi connectivity index (χ0) is 16.7. The van der Waals surface area contributed by atoms with E-state index in [0.29, 0.717) is 11.5 Å². The molecule has 3 N–H and O–H groups in total. The first-order valence-corrected chi connectivity index (χ1v) is 7.02. The Morgan fingerprint density at radius 3 is 2.00 bits per heavy atom. The Hall–Kier alpha value is -2.62. The van der Waals surface area contributed by atoms with E-state index < -0.39 is 5.97 Å². The van der Waals surface area contributed by atoms with Crippen LogP contribution in [-0.2, 0) is 4.79 Å². The fourth-order valence-electron chi connectivity index (χ4n) is 2.18. The van der Waals surface area contributed by atoms with Crippen LogP contribution < -0.4 is 5.73 Å². The number of hydrogen-bond donors (Lipinski definition) is 2. The SMILES string of the molecule is CC(=O)O.CC(C)c1cccc(C(N)=O)c1-c1ccccc1. The second kappa shape index (κ2) is 7.98. The number of carboxylic acids is 1. The molecule has 0 unspecified atom stereocenters. The molecule has 0 heterocycles. The Morgan fingerprint density at radius 2 is 1.55 bits per heavy atom. The van der Waals surface area contributed by atoms with Gasteiger partial charge in [0.25, 0.3) is 5.97 Å². The average molecular weight is 299 g/mol. The maximum absolute atomic E-state index is 11.6. The number of aliphatic carboxylic acids is 1. The summed E-state index contributed by atoms with van der Waals surface area (Å²) < 4.78 is 0. The molecule has 116 valence electrons. The van der Waals surface area contributed by atoms with Crippen LogP contribution in [0.2, 0.25) is 0 Å². The van der Waals surface area contributed by atoms with E-state index >= 15 is 0 Å². The van der Waals surface area contributed by atoms with Crippen molar-refractivity contribution in [2.45, 2.75) is 26.7 Å². The second-order valence-electron chi connectivity index (χ2n) is 5.17. The number of carbonyl (C=O) groups is 2. The minimum Gasteiger partial charge on any atom is -0.481 e. The van der Waals surface area contributed by atoms with Crippen LogP contribution in [0.4, 0.5) is 0 Å². The predicted molar refractivity (Wildman–Crippen MR) is 87.8 cm³/mol. The van der Waals surface area contributed by atoms with Gasteiger partial charge in [-0.3, -0.25) is 9.59 Å². The van der Waals surface area contributed by atoms with Crippen LogP contribution in [-0.4, -0.2) is 17.0 Å². The maximum atomic E-state index is 11.6. The van der Waals surface area contributed by atoms with E-state index in [2.05, 4.69) is 19.9 Å². The third-order valence-corrected chi connectivity index (χ3v) is 3.05. The van der Waals surface area contributed by atoms with Crippen molar-refractivity contribution in [2.75, 3.05) is 0 Å². The molecule has 0 aliphatic heterocycles. The molecule has 2 aromatic rings. The fourth-order valence-corrected chi connectivity index (χ4v) is 2.18. The van der Waals surface area contributed by atoms with Crippen molar-refractivity contribution in [3.63, 3.8) is 0 Å². The lowest BCUT2D eigenvalue weighted by atomic mass is 9.88. The van der Waals surface area contributed by atoms with E-state index in [-0.39, 0.29) is 5.91 Å². The highest BCUT2D eigenvalue weighted by Crippen LogP contribution is 2.32. The van der Waals surface area contributed by atoms with Crippen LogP contribution in [0, 0.1) is 0 Å². The van der Waals surface area contributed by atoms with Crippen molar-refractivity contribution in [3.8, 4) is 11.1 Å². The summed E-state index contributed by atoms with van der Waals surface area (Å²) in [6, 6.07) is 15.7. The number of amides is 1. The minimum atomic E-state index is -0.833. The highest BCUT2D eigenvalue weighted by atomic mass is 16.4. The lowest BCUT2D eigenvalue weighted by Gasteiger charge is -2.16. The number of carbonyl (C=O) groups excluding carboxylic acids is 1. The molecule has 0 aliphatic carbocycles. The number of rotatable bonds is 3. The maximum Gasteiger partial charge on any atom is 0.300 e. The van der Waals surface area contributed by atoms with Gasteiger partial charge in [-0.25, -0.2) is 0 Å². The van der Waals surface area contributed by atoms with Crippen molar-refractivity contribution >= 4 is 11.9 Å². The van der Waals surface area contributed by atoms with Gasteiger partial charge in [0.05, 0.1) is 0 Å². The average Bonchev–Trinajstić information content (AvgIpc) is 2.46. The summed E-state index contributed by atoms with van der Waals surface area (Å²) in [7, 11) is 0. The molecular formula is C18H21NO3. The Balaban J connectivity index is 0.000000541. The molecule has 0 bridgehead atoms. The van der Waals surface area contributed by atoms with Crippen molar-refractivity contribution in [1.82, 2.24) is 0 Å². The van der Waals surface area contributed by atoms with Crippen molar-refractivity contribution in [1.29, 1.82) is 0 Å². The summed E-state index contributed by atoms with van der Waals surface area (Å²) in [5, 5.41) is 7.42. The molecule has 2 aromatic carbocycles. The molecule has 0 saturated heterocycles. The number of primary amides is 1. The van der Waals surface area contributed by atoms with Crippen LogP contribution >= 0.6 is 0 Å². The number of carboxylic acid groups (broad SMARTS) is 1. The molecule has 0 fully saturated rings. The molecule has 4 nitrogen and oxygen atoms in total. The Morgan fingerprint density at radius 1 is 1.00 bits per heavy atom. The first kappa shape index (κ1) is 17.4. The van der Waals surface area contributed by atoms with Crippen LogP contribution in [0.1, 0.15) is 42.6 Å². The predicted octanol–water partition coefficient (Wildman–Crippen LogP) is 3.67. The molecule has 0 atom stereocenters. The van der Waals surface area contributed by atoms with Crippen LogP contribution in [0.3, 0.4) is 0 Å². The van der Waals surface area contributed by atoms with E-state index in [1.54, 1.807) is 6.07 Å². The highest BCUT2D eigenvalue weighted by molar-refractivity contribution is 6.00. The lowest BCUT2D eigenvalue weighted by Crippen LogP contribution is -2.13. The third-order valence-electron chi connectivity index (χ3n) is 3.05. The molecule has 4 heteroatoms. The van der Waals surface area contributed by atoms with Crippen molar-refractivity contribution < 1.29 is 14.7 Å². The Bertz CT molecular complexity index is 645. The summed E-state index contributed by atoms with van der Waals surface area (Å²) in [6.45, 7) is 5.32. The van der Waals surface area contributed by atoms with Crippen molar-refractivity contribution in [2.24, 2.45) is 5.73 Å². The topological polar surface area (TPSA) is 80.4 Å². The van der Waals surface area contributed by atoms with Gasteiger partial charge < -0.3 is 10.8 Å². The van der Waals surface area contributed by atoms with Gasteiger partial charge in [-0.1, -0.05) is 56.3 Å². The molecule has 1 amide bonds. The van der Waals surface area contributed by atoms with Crippen LogP contribution in [0.15, 0.2) is 48.5 Å². The molecule has 2 rings (SSSR count). The third kappa shape index (κ3) is 4.74. The highest BCUT2D eigenvalue weighted by Gasteiger charge is 2.15. The van der Waals surface area contributed by atoms with Gasteiger partial charge in [0.2, 0.25) is 5.91 Å². The zero-order valence-electron chi connectivity index (χ0n) is 13.0. The van der Waals surface area contributed by atoms with Gasteiger partial charge in [0.1, 0.15) is 0 Å². The van der Waals surface area contributed by atoms with E-state index in [1.807, 2.05) is 36.4 Å².